The Hall–Kier alpha value is -1.40. The van der Waals surface area contributed by atoms with E-state index in [0.717, 1.165) is 4.90 Å². The minimum Gasteiger partial charge on any atom is -0.481 e. The molecular formula is C13H21F2NO4. The van der Waals surface area contributed by atoms with Crippen LogP contribution >= 0.6 is 0 Å². The van der Waals surface area contributed by atoms with Gasteiger partial charge in [0.25, 0.3) is 5.92 Å². The van der Waals surface area contributed by atoms with Gasteiger partial charge < -0.3 is 9.84 Å². The van der Waals surface area contributed by atoms with Gasteiger partial charge in [0.2, 0.25) is 0 Å². The van der Waals surface area contributed by atoms with Crippen molar-refractivity contribution >= 4 is 12.1 Å². The second-order valence-corrected chi connectivity index (χ2v) is 6.30. The lowest BCUT2D eigenvalue weighted by molar-refractivity contribution is -0.141. The maximum absolute atomic E-state index is 13.5. The van der Waals surface area contributed by atoms with E-state index in [1.807, 2.05) is 0 Å². The molecule has 7 heteroatoms. The number of aliphatic carboxylic acids is 1. The van der Waals surface area contributed by atoms with Crippen molar-refractivity contribution in [2.75, 3.05) is 6.54 Å². The number of carbonyl (C=O) groups excluding carboxylic acids is 1. The van der Waals surface area contributed by atoms with Crippen molar-refractivity contribution in [3.05, 3.63) is 0 Å². The molecule has 1 aliphatic rings. The minimum atomic E-state index is -3.00. The normalized spacial score (nSPS) is 23.5. The number of ether oxygens (including phenoxy) is 1. The van der Waals surface area contributed by atoms with E-state index in [1.165, 1.54) is 6.92 Å². The summed E-state index contributed by atoms with van der Waals surface area (Å²) < 4.78 is 32.1. The number of hydrogen-bond donors (Lipinski definition) is 1. The van der Waals surface area contributed by atoms with Crippen LogP contribution in [0.3, 0.4) is 0 Å². The Balaban J connectivity index is 2.80. The number of halogens is 2. The predicted octanol–water partition coefficient (Wildman–Crippen LogP) is 2.74. The third-order valence-corrected chi connectivity index (χ3v) is 3.05. The van der Waals surface area contributed by atoms with Crippen LogP contribution in [0.4, 0.5) is 13.6 Å². The Morgan fingerprint density at radius 2 is 2.00 bits per heavy atom. The van der Waals surface area contributed by atoms with Gasteiger partial charge in [-0.05, 0) is 27.2 Å². The van der Waals surface area contributed by atoms with Crippen LogP contribution in [0.2, 0.25) is 0 Å². The number of carboxylic acid groups (broad SMARTS) is 1. The van der Waals surface area contributed by atoms with E-state index in [0.29, 0.717) is 0 Å². The topological polar surface area (TPSA) is 66.8 Å². The summed E-state index contributed by atoms with van der Waals surface area (Å²) in [7, 11) is 0. The van der Waals surface area contributed by atoms with Gasteiger partial charge in [-0.3, -0.25) is 9.69 Å². The Morgan fingerprint density at radius 3 is 2.45 bits per heavy atom. The summed E-state index contributed by atoms with van der Waals surface area (Å²) in [6.45, 7) is 5.65. The number of rotatable bonds is 3. The van der Waals surface area contributed by atoms with Gasteiger partial charge in [-0.15, -0.1) is 0 Å². The molecule has 1 amide bonds. The summed E-state index contributed by atoms with van der Waals surface area (Å²) in [5, 5.41) is 8.86. The molecule has 0 aliphatic carbocycles. The molecule has 0 radical (unpaired) electrons. The van der Waals surface area contributed by atoms with Crippen LogP contribution in [0, 0.1) is 5.92 Å². The molecule has 1 heterocycles. The Kier molecular flexibility index (Phi) is 4.61. The standard InChI is InChI=1S/C13H21F2NO4/c1-8(10(17)18)5-9-6-13(14,15)7-16(9)11(19)20-12(2,3)4/h8-9H,5-7H2,1-4H3,(H,17,18). The van der Waals surface area contributed by atoms with Gasteiger partial charge in [0, 0.05) is 12.5 Å². The highest BCUT2D eigenvalue weighted by molar-refractivity contribution is 5.71. The molecule has 0 aromatic carbocycles. The molecule has 116 valence electrons. The molecule has 1 aliphatic heterocycles. The third-order valence-electron chi connectivity index (χ3n) is 3.05. The first kappa shape index (κ1) is 16.7. The zero-order chi connectivity index (χ0) is 15.7. The summed E-state index contributed by atoms with van der Waals surface area (Å²) in [6, 6.07) is -0.814. The average Bonchev–Trinajstić information content (AvgIpc) is 2.51. The third kappa shape index (κ3) is 4.61. The number of carboxylic acids is 1. The first-order chi connectivity index (χ1) is 8.91. The van der Waals surface area contributed by atoms with Crippen molar-refractivity contribution in [3.8, 4) is 0 Å². The Labute approximate surface area is 116 Å². The molecule has 2 unspecified atom stereocenters. The molecule has 20 heavy (non-hydrogen) atoms. The van der Waals surface area contributed by atoms with Gasteiger partial charge >= 0.3 is 12.1 Å². The predicted molar refractivity (Wildman–Crippen MR) is 67.7 cm³/mol. The number of hydrogen-bond acceptors (Lipinski definition) is 3. The second-order valence-electron chi connectivity index (χ2n) is 6.30. The smallest absolute Gasteiger partial charge is 0.410 e. The highest BCUT2D eigenvalue weighted by Crippen LogP contribution is 2.35. The SMILES string of the molecule is CC(CC1CC(F)(F)CN1C(=O)OC(C)(C)C)C(=O)O. The molecule has 0 aromatic rings. The average molecular weight is 293 g/mol. The van der Waals surface area contributed by atoms with E-state index in [4.69, 9.17) is 9.84 Å². The van der Waals surface area contributed by atoms with Gasteiger partial charge in [0.15, 0.2) is 0 Å². The van der Waals surface area contributed by atoms with E-state index in [2.05, 4.69) is 0 Å². The lowest BCUT2D eigenvalue weighted by atomic mass is 10.00. The van der Waals surface area contributed by atoms with E-state index in [-0.39, 0.29) is 6.42 Å². The monoisotopic (exact) mass is 293 g/mol. The molecule has 1 fully saturated rings. The zero-order valence-electron chi connectivity index (χ0n) is 12.2. The summed E-state index contributed by atoms with van der Waals surface area (Å²) >= 11 is 0. The van der Waals surface area contributed by atoms with E-state index in [9.17, 15) is 18.4 Å². The van der Waals surface area contributed by atoms with Crippen LogP contribution in [0.15, 0.2) is 0 Å². The fourth-order valence-electron chi connectivity index (χ4n) is 2.15. The highest BCUT2D eigenvalue weighted by atomic mass is 19.3. The lowest BCUT2D eigenvalue weighted by Crippen LogP contribution is -2.41. The number of amides is 1. The van der Waals surface area contributed by atoms with Crippen LogP contribution in [-0.4, -0.2) is 46.2 Å². The summed E-state index contributed by atoms with van der Waals surface area (Å²) in [4.78, 5) is 23.7. The van der Waals surface area contributed by atoms with Crippen molar-refractivity contribution in [3.63, 3.8) is 0 Å². The van der Waals surface area contributed by atoms with Crippen LogP contribution < -0.4 is 0 Å². The van der Waals surface area contributed by atoms with E-state index in [1.54, 1.807) is 20.8 Å². The molecule has 5 nitrogen and oxygen atoms in total. The van der Waals surface area contributed by atoms with Gasteiger partial charge in [-0.25, -0.2) is 13.6 Å². The van der Waals surface area contributed by atoms with E-state index < -0.39 is 48.5 Å². The maximum Gasteiger partial charge on any atom is 0.410 e. The summed E-state index contributed by atoms with van der Waals surface area (Å²) in [6.07, 6.45) is -1.36. The first-order valence-corrected chi connectivity index (χ1v) is 6.51. The van der Waals surface area contributed by atoms with Crippen molar-refractivity contribution in [1.82, 2.24) is 4.90 Å². The Bertz CT molecular complexity index is 392. The summed E-state index contributed by atoms with van der Waals surface area (Å²) in [5.41, 5.74) is -0.780. The number of carbonyl (C=O) groups is 2. The quantitative estimate of drug-likeness (QED) is 0.869. The zero-order valence-corrected chi connectivity index (χ0v) is 12.2. The molecule has 0 saturated carbocycles. The van der Waals surface area contributed by atoms with Crippen LogP contribution in [0.5, 0.6) is 0 Å². The van der Waals surface area contributed by atoms with Gasteiger partial charge in [0.05, 0.1) is 12.5 Å². The van der Waals surface area contributed by atoms with Crippen molar-refractivity contribution < 1.29 is 28.2 Å². The largest absolute Gasteiger partial charge is 0.481 e. The molecule has 0 aromatic heterocycles. The van der Waals surface area contributed by atoms with Crippen molar-refractivity contribution in [2.24, 2.45) is 5.92 Å². The highest BCUT2D eigenvalue weighted by Gasteiger charge is 2.48. The second kappa shape index (κ2) is 5.54. The maximum atomic E-state index is 13.5. The van der Waals surface area contributed by atoms with Crippen LogP contribution in [-0.2, 0) is 9.53 Å². The molecule has 1 N–H and O–H groups in total. The first-order valence-electron chi connectivity index (χ1n) is 6.51. The van der Waals surface area contributed by atoms with Crippen molar-refractivity contribution in [1.29, 1.82) is 0 Å². The molecular weight excluding hydrogens is 272 g/mol. The summed E-state index contributed by atoms with van der Waals surface area (Å²) in [5.74, 6) is -4.86. The Morgan fingerprint density at radius 1 is 1.45 bits per heavy atom. The lowest BCUT2D eigenvalue weighted by Gasteiger charge is -2.28. The number of likely N-dealkylation sites (tertiary alicyclic amines) is 1. The fraction of sp³-hybridized carbons (Fsp3) is 0.846. The molecule has 1 saturated heterocycles. The fourth-order valence-corrected chi connectivity index (χ4v) is 2.15. The van der Waals surface area contributed by atoms with Gasteiger partial charge in [-0.1, -0.05) is 6.92 Å². The number of alkyl halides is 2. The molecule has 0 bridgehead atoms. The molecule has 0 spiro atoms. The van der Waals surface area contributed by atoms with Crippen LogP contribution in [0.25, 0.3) is 0 Å². The minimum absolute atomic E-state index is 0.00976. The van der Waals surface area contributed by atoms with Gasteiger partial charge in [-0.2, -0.15) is 0 Å². The molecule has 2 atom stereocenters. The van der Waals surface area contributed by atoms with E-state index >= 15 is 0 Å². The van der Waals surface area contributed by atoms with Crippen molar-refractivity contribution in [2.45, 2.75) is 58.1 Å². The van der Waals surface area contributed by atoms with Crippen LogP contribution in [0.1, 0.15) is 40.5 Å². The number of nitrogens with zero attached hydrogens (tertiary/aromatic N) is 1. The molecule has 1 rings (SSSR count). The van der Waals surface area contributed by atoms with Gasteiger partial charge in [0.1, 0.15) is 5.60 Å².